The first-order valence-corrected chi connectivity index (χ1v) is 7.83. The summed E-state index contributed by atoms with van der Waals surface area (Å²) in [6.45, 7) is 1.89. The summed E-state index contributed by atoms with van der Waals surface area (Å²) >= 11 is 0. The second kappa shape index (κ2) is 6.76. The standard InChI is InChI=1S/C15H16N2O5S/c1-9-4-3-5-11(6-9)23(22)16-8-10-7-12(18)14(19)13(15(20)21)17(10)2/h3-7,16,19H,8H2,1-2H3,(H,20,21). The van der Waals surface area contributed by atoms with Crippen molar-refractivity contribution in [3.63, 3.8) is 0 Å². The zero-order chi connectivity index (χ0) is 17.1. The molecule has 3 N–H and O–H groups in total. The highest BCUT2D eigenvalue weighted by Gasteiger charge is 2.18. The number of aromatic hydroxyl groups is 1. The molecule has 1 aromatic heterocycles. The van der Waals surface area contributed by atoms with Gasteiger partial charge in [-0.1, -0.05) is 12.1 Å². The highest BCUT2D eigenvalue weighted by molar-refractivity contribution is 7.83. The van der Waals surface area contributed by atoms with Gasteiger partial charge in [-0.05, 0) is 24.6 Å². The lowest BCUT2D eigenvalue weighted by atomic mass is 10.2. The van der Waals surface area contributed by atoms with E-state index in [1.165, 1.54) is 11.6 Å². The number of nitrogens with zero attached hydrogens (tertiary/aromatic N) is 1. The number of pyridine rings is 1. The van der Waals surface area contributed by atoms with Gasteiger partial charge in [-0.3, -0.25) is 4.79 Å². The van der Waals surface area contributed by atoms with Crippen LogP contribution >= 0.6 is 0 Å². The summed E-state index contributed by atoms with van der Waals surface area (Å²) < 4.78 is 16.1. The van der Waals surface area contributed by atoms with Crippen LogP contribution in [0.3, 0.4) is 0 Å². The first-order chi connectivity index (χ1) is 10.8. The van der Waals surface area contributed by atoms with Gasteiger partial charge in [-0.25, -0.2) is 13.7 Å². The van der Waals surface area contributed by atoms with Gasteiger partial charge in [0.15, 0.2) is 11.4 Å². The first-order valence-electron chi connectivity index (χ1n) is 6.68. The summed E-state index contributed by atoms with van der Waals surface area (Å²) in [7, 11) is -0.0951. The second-order valence-electron chi connectivity index (χ2n) is 4.97. The molecule has 1 unspecified atom stereocenters. The fourth-order valence-electron chi connectivity index (χ4n) is 2.10. The molecule has 8 heteroatoms. The minimum absolute atomic E-state index is 0.00680. The van der Waals surface area contributed by atoms with E-state index in [9.17, 15) is 18.9 Å². The lowest BCUT2D eigenvalue weighted by Gasteiger charge is -2.13. The third-order valence-electron chi connectivity index (χ3n) is 3.31. The zero-order valence-corrected chi connectivity index (χ0v) is 13.4. The van der Waals surface area contributed by atoms with Crippen LogP contribution in [0.15, 0.2) is 40.0 Å². The molecule has 0 radical (unpaired) electrons. The van der Waals surface area contributed by atoms with Crippen LogP contribution in [0.25, 0.3) is 0 Å². The molecule has 23 heavy (non-hydrogen) atoms. The van der Waals surface area contributed by atoms with Crippen molar-refractivity contribution in [3.8, 4) is 5.75 Å². The van der Waals surface area contributed by atoms with Crippen LogP contribution in [0.4, 0.5) is 0 Å². The third kappa shape index (κ3) is 3.66. The predicted octanol–water partition coefficient (Wildman–Crippen LogP) is 0.910. The van der Waals surface area contributed by atoms with Crippen molar-refractivity contribution >= 4 is 17.0 Å². The lowest BCUT2D eigenvalue weighted by Crippen LogP contribution is -2.24. The number of carboxylic acid groups (broad SMARTS) is 1. The number of carboxylic acids is 1. The number of aromatic nitrogens is 1. The van der Waals surface area contributed by atoms with Crippen molar-refractivity contribution in [2.45, 2.75) is 18.4 Å². The van der Waals surface area contributed by atoms with E-state index in [1.807, 2.05) is 13.0 Å². The van der Waals surface area contributed by atoms with Crippen LogP contribution in [0.2, 0.25) is 0 Å². The maximum Gasteiger partial charge on any atom is 0.356 e. The van der Waals surface area contributed by atoms with Gasteiger partial charge in [0, 0.05) is 25.4 Å². The average molecular weight is 336 g/mol. The average Bonchev–Trinajstić information content (AvgIpc) is 2.49. The fourth-order valence-corrected chi connectivity index (χ4v) is 3.04. The van der Waals surface area contributed by atoms with Gasteiger partial charge in [0.1, 0.15) is 11.0 Å². The molecule has 2 aromatic rings. The Kier molecular flexibility index (Phi) is 4.97. The Hall–Kier alpha value is -2.45. The van der Waals surface area contributed by atoms with Gasteiger partial charge in [0.25, 0.3) is 0 Å². The monoisotopic (exact) mass is 336 g/mol. The quantitative estimate of drug-likeness (QED) is 0.752. The topological polar surface area (TPSA) is 109 Å². The number of benzene rings is 1. The smallest absolute Gasteiger partial charge is 0.356 e. The normalized spacial score (nSPS) is 12.1. The lowest BCUT2D eigenvalue weighted by molar-refractivity contribution is 0.0681. The summed E-state index contributed by atoms with van der Waals surface area (Å²) in [6.07, 6.45) is 0. The van der Waals surface area contributed by atoms with Crippen molar-refractivity contribution in [1.29, 1.82) is 0 Å². The maximum atomic E-state index is 12.2. The number of hydrogen-bond donors (Lipinski definition) is 3. The number of hydrogen-bond acceptors (Lipinski definition) is 4. The van der Waals surface area contributed by atoms with E-state index >= 15 is 0 Å². The Balaban J connectivity index is 2.26. The Morgan fingerprint density at radius 1 is 1.35 bits per heavy atom. The molecular formula is C15H16N2O5S. The number of rotatable bonds is 5. The summed E-state index contributed by atoms with van der Waals surface area (Å²) in [5, 5.41) is 18.6. The van der Waals surface area contributed by atoms with Crippen LogP contribution in [-0.2, 0) is 24.6 Å². The molecule has 0 fully saturated rings. The Bertz CT molecular complexity index is 844. The van der Waals surface area contributed by atoms with Crippen LogP contribution in [-0.4, -0.2) is 25.0 Å². The van der Waals surface area contributed by atoms with Crippen molar-refractivity contribution in [2.75, 3.05) is 0 Å². The minimum Gasteiger partial charge on any atom is -0.502 e. The number of aryl methyl sites for hydroxylation is 1. The van der Waals surface area contributed by atoms with Crippen molar-refractivity contribution in [3.05, 3.63) is 57.5 Å². The largest absolute Gasteiger partial charge is 0.502 e. The van der Waals surface area contributed by atoms with Crippen molar-refractivity contribution < 1.29 is 19.2 Å². The Morgan fingerprint density at radius 2 is 2.04 bits per heavy atom. The molecule has 0 saturated carbocycles. The molecule has 0 spiro atoms. The zero-order valence-electron chi connectivity index (χ0n) is 12.6. The van der Waals surface area contributed by atoms with E-state index in [4.69, 9.17) is 5.11 Å². The molecule has 2 rings (SSSR count). The molecule has 7 nitrogen and oxygen atoms in total. The molecule has 0 aliphatic heterocycles. The van der Waals surface area contributed by atoms with Gasteiger partial charge in [0.05, 0.1) is 4.90 Å². The molecule has 122 valence electrons. The molecule has 0 saturated heterocycles. The van der Waals surface area contributed by atoms with Gasteiger partial charge in [-0.2, -0.15) is 0 Å². The van der Waals surface area contributed by atoms with Crippen LogP contribution < -0.4 is 10.2 Å². The third-order valence-corrected chi connectivity index (χ3v) is 4.40. The maximum absolute atomic E-state index is 12.2. The van der Waals surface area contributed by atoms with Crippen molar-refractivity contribution in [1.82, 2.24) is 9.29 Å². The minimum atomic E-state index is -1.51. The summed E-state index contributed by atoms with van der Waals surface area (Å²) in [5.74, 6) is -2.23. The van der Waals surface area contributed by atoms with Crippen LogP contribution in [0.5, 0.6) is 5.75 Å². The van der Waals surface area contributed by atoms with E-state index in [0.717, 1.165) is 11.6 Å². The summed E-state index contributed by atoms with van der Waals surface area (Å²) in [4.78, 5) is 23.4. The number of aromatic carboxylic acids is 1. The molecule has 1 heterocycles. The molecule has 0 aliphatic rings. The van der Waals surface area contributed by atoms with Gasteiger partial charge in [-0.15, -0.1) is 0 Å². The molecular weight excluding hydrogens is 320 g/mol. The highest BCUT2D eigenvalue weighted by atomic mass is 32.2. The fraction of sp³-hybridized carbons (Fsp3) is 0.200. The summed E-state index contributed by atoms with van der Waals surface area (Å²) in [6, 6.07) is 8.24. The van der Waals surface area contributed by atoms with E-state index in [1.54, 1.807) is 18.2 Å². The van der Waals surface area contributed by atoms with Crippen molar-refractivity contribution in [2.24, 2.45) is 7.05 Å². The predicted molar refractivity (Wildman–Crippen MR) is 84.7 cm³/mol. The summed E-state index contributed by atoms with van der Waals surface area (Å²) in [5.41, 5.74) is -0.0386. The van der Waals surface area contributed by atoms with E-state index in [0.29, 0.717) is 10.6 Å². The molecule has 1 aromatic carbocycles. The number of carbonyl (C=O) groups is 1. The van der Waals surface area contributed by atoms with E-state index in [2.05, 4.69) is 4.72 Å². The Labute approximate surface area is 134 Å². The van der Waals surface area contributed by atoms with Crippen LogP contribution in [0.1, 0.15) is 21.7 Å². The molecule has 1 atom stereocenters. The van der Waals surface area contributed by atoms with Gasteiger partial charge >= 0.3 is 5.97 Å². The van der Waals surface area contributed by atoms with E-state index in [-0.39, 0.29) is 6.54 Å². The van der Waals surface area contributed by atoms with Crippen LogP contribution in [0, 0.1) is 6.92 Å². The van der Waals surface area contributed by atoms with Gasteiger partial charge < -0.3 is 14.8 Å². The first kappa shape index (κ1) is 16.9. The number of nitrogens with one attached hydrogen (secondary N) is 1. The molecule has 0 aliphatic carbocycles. The highest BCUT2D eigenvalue weighted by Crippen LogP contribution is 2.14. The SMILES string of the molecule is Cc1cccc(S(=O)NCc2cc(=O)c(O)c(C(=O)O)n2C)c1. The molecule has 0 bridgehead atoms. The van der Waals surface area contributed by atoms with Gasteiger partial charge in [0.2, 0.25) is 5.43 Å². The second-order valence-corrected chi connectivity index (χ2v) is 6.27. The molecule has 0 amide bonds. The Morgan fingerprint density at radius 3 is 2.65 bits per heavy atom. The van der Waals surface area contributed by atoms with E-state index < -0.39 is 33.8 Å².